The summed E-state index contributed by atoms with van der Waals surface area (Å²) in [4.78, 5) is 29.4. The van der Waals surface area contributed by atoms with Gasteiger partial charge in [0.1, 0.15) is 18.0 Å². The summed E-state index contributed by atoms with van der Waals surface area (Å²) in [5, 5.41) is 6.86. The Kier molecular flexibility index (Phi) is 7.29. The van der Waals surface area contributed by atoms with Crippen LogP contribution in [-0.4, -0.2) is 77.0 Å². The molecule has 5 rings (SSSR count). The van der Waals surface area contributed by atoms with Gasteiger partial charge < -0.3 is 19.9 Å². The minimum Gasteiger partial charge on any atom is -0.492 e. The number of halogens is 1. The van der Waals surface area contributed by atoms with Crippen molar-refractivity contribution in [1.82, 2.24) is 24.8 Å². The molecule has 35 heavy (non-hydrogen) atoms. The van der Waals surface area contributed by atoms with Gasteiger partial charge in [0.15, 0.2) is 5.13 Å². The average molecular weight is 511 g/mol. The van der Waals surface area contributed by atoms with E-state index in [0.717, 1.165) is 60.6 Å². The molecule has 1 aromatic carbocycles. The summed E-state index contributed by atoms with van der Waals surface area (Å²) >= 11 is 7.83. The van der Waals surface area contributed by atoms with Crippen LogP contribution in [0.3, 0.4) is 0 Å². The van der Waals surface area contributed by atoms with Gasteiger partial charge in [-0.3, -0.25) is 9.69 Å². The summed E-state index contributed by atoms with van der Waals surface area (Å²) in [5.74, 6) is 0.545. The third-order valence-electron chi connectivity index (χ3n) is 6.13. The number of benzene rings is 1. The van der Waals surface area contributed by atoms with Crippen LogP contribution in [0, 0.1) is 0 Å². The highest BCUT2D eigenvalue weighted by molar-refractivity contribution is 7.14. The highest BCUT2D eigenvalue weighted by Gasteiger charge is 2.15. The number of pyridine rings is 1. The third-order valence-corrected chi connectivity index (χ3v) is 7.23. The molecule has 8 nitrogen and oxygen atoms in total. The molecule has 0 spiro atoms. The van der Waals surface area contributed by atoms with Crippen LogP contribution in [0.1, 0.15) is 5.56 Å². The van der Waals surface area contributed by atoms with E-state index in [-0.39, 0.29) is 12.3 Å². The van der Waals surface area contributed by atoms with Gasteiger partial charge in [-0.05, 0) is 36.9 Å². The number of anilines is 1. The predicted molar refractivity (Wildman–Crippen MR) is 140 cm³/mol. The zero-order valence-corrected chi connectivity index (χ0v) is 21.0. The molecule has 4 heterocycles. The zero-order valence-electron chi connectivity index (χ0n) is 19.5. The monoisotopic (exact) mass is 510 g/mol. The Morgan fingerprint density at radius 1 is 1.26 bits per heavy atom. The maximum atomic E-state index is 12.6. The Balaban J connectivity index is 1.14. The first-order valence-electron chi connectivity index (χ1n) is 11.5. The van der Waals surface area contributed by atoms with Gasteiger partial charge >= 0.3 is 0 Å². The van der Waals surface area contributed by atoms with E-state index >= 15 is 0 Å². The number of aromatic nitrogens is 3. The van der Waals surface area contributed by atoms with Gasteiger partial charge in [0.2, 0.25) is 5.91 Å². The number of hydrogen-bond donors (Lipinski definition) is 2. The van der Waals surface area contributed by atoms with E-state index in [0.29, 0.717) is 22.5 Å². The number of piperazine rings is 1. The first kappa shape index (κ1) is 23.7. The minimum absolute atomic E-state index is 0.159. The van der Waals surface area contributed by atoms with Crippen LogP contribution in [0.2, 0.25) is 5.02 Å². The lowest BCUT2D eigenvalue weighted by molar-refractivity contribution is -0.115. The van der Waals surface area contributed by atoms with E-state index in [1.54, 1.807) is 12.3 Å². The summed E-state index contributed by atoms with van der Waals surface area (Å²) < 4.78 is 5.89. The Morgan fingerprint density at radius 3 is 2.94 bits per heavy atom. The Labute approximate surface area is 212 Å². The minimum atomic E-state index is -0.169. The van der Waals surface area contributed by atoms with Crippen LogP contribution in [-0.2, 0) is 11.2 Å². The van der Waals surface area contributed by atoms with Crippen LogP contribution >= 0.6 is 22.9 Å². The summed E-state index contributed by atoms with van der Waals surface area (Å²) in [7, 11) is 2.15. The van der Waals surface area contributed by atoms with Gasteiger partial charge in [-0.25, -0.2) is 9.97 Å². The highest BCUT2D eigenvalue weighted by atomic mass is 35.5. The van der Waals surface area contributed by atoms with E-state index in [4.69, 9.17) is 16.3 Å². The first-order valence-corrected chi connectivity index (χ1v) is 12.8. The fraction of sp³-hybridized carbons (Fsp3) is 0.320. The fourth-order valence-electron chi connectivity index (χ4n) is 4.08. The number of aromatic amines is 1. The second-order valence-corrected chi connectivity index (χ2v) is 9.88. The van der Waals surface area contributed by atoms with Crippen LogP contribution in [0.5, 0.6) is 5.75 Å². The predicted octanol–water partition coefficient (Wildman–Crippen LogP) is 4.15. The number of nitrogens with zero attached hydrogens (tertiary/aromatic N) is 4. The molecule has 1 fully saturated rings. The SMILES string of the molecule is CN1CCN(CCOc2ccc(CC(=O)Nc3nc(-c4c[nH]c5ncccc45)cs3)c(Cl)c2)CC1. The number of rotatable bonds is 8. The first-order chi connectivity index (χ1) is 17.0. The van der Waals surface area contributed by atoms with Crippen molar-refractivity contribution in [2.45, 2.75) is 6.42 Å². The maximum absolute atomic E-state index is 12.6. The van der Waals surface area contributed by atoms with Crippen molar-refractivity contribution >= 4 is 45.0 Å². The topological polar surface area (TPSA) is 86.4 Å². The van der Waals surface area contributed by atoms with Gasteiger partial charge in [0.25, 0.3) is 0 Å². The molecule has 0 atom stereocenters. The van der Waals surface area contributed by atoms with Crippen molar-refractivity contribution in [2.24, 2.45) is 0 Å². The smallest absolute Gasteiger partial charge is 0.230 e. The fourth-order valence-corrected chi connectivity index (χ4v) is 5.05. The summed E-state index contributed by atoms with van der Waals surface area (Å²) in [6.45, 7) is 5.80. The zero-order chi connectivity index (χ0) is 24.2. The number of H-pyrrole nitrogens is 1. The number of fused-ring (bicyclic) bond motifs is 1. The molecule has 0 radical (unpaired) electrons. The molecule has 0 aliphatic carbocycles. The molecular formula is C25H27ClN6O2S. The molecule has 1 saturated heterocycles. The molecule has 1 amide bonds. The lowest BCUT2D eigenvalue weighted by Crippen LogP contribution is -2.45. The molecule has 2 N–H and O–H groups in total. The van der Waals surface area contributed by atoms with Gasteiger partial charge in [-0.15, -0.1) is 11.3 Å². The molecule has 182 valence electrons. The molecule has 0 saturated carbocycles. The number of likely N-dealkylation sites (N-methyl/N-ethyl adjacent to an activating group) is 1. The van der Waals surface area contributed by atoms with E-state index < -0.39 is 0 Å². The number of hydrogen-bond acceptors (Lipinski definition) is 7. The van der Waals surface area contributed by atoms with Crippen LogP contribution < -0.4 is 10.1 Å². The molecule has 1 aliphatic heterocycles. The molecule has 4 aromatic rings. The van der Waals surface area contributed by atoms with Gasteiger partial charge in [-0.2, -0.15) is 0 Å². The van der Waals surface area contributed by atoms with E-state index in [1.165, 1.54) is 11.3 Å². The molecule has 10 heteroatoms. The van der Waals surface area contributed by atoms with Crippen molar-refractivity contribution < 1.29 is 9.53 Å². The van der Waals surface area contributed by atoms with Crippen molar-refractivity contribution in [2.75, 3.05) is 51.7 Å². The lowest BCUT2D eigenvalue weighted by Gasteiger charge is -2.32. The molecular weight excluding hydrogens is 484 g/mol. The number of carbonyl (C=O) groups excluding carboxylic acids is 1. The maximum Gasteiger partial charge on any atom is 0.230 e. The van der Waals surface area contributed by atoms with E-state index in [1.807, 2.05) is 35.8 Å². The molecule has 0 bridgehead atoms. The quantitative estimate of drug-likeness (QED) is 0.370. The highest BCUT2D eigenvalue weighted by Crippen LogP contribution is 2.30. The summed E-state index contributed by atoms with van der Waals surface area (Å²) in [6.07, 6.45) is 3.78. The summed E-state index contributed by atoms with van der Waals surface area (Å²) in [6, 6.07) is 9.38. The second-order valence-electron chi connectivity index (χ2n) is 8.61. The van der Waals surface area contributed by atoms with Crippen molar-refractivity contribution in [1.29, 1.82) is 0 Å². The summed E-state index contributed by atoms with van der Waals surface area (Å²) in [5.41, 5.74) is 3.30. The average Bonchev–Trinajstić information content (AvgIpc) is 3.49. The van der Waals surface area contributed by atoms with Gasteiger partial charge in [0.05, 0.1) is 12.1 Å². The third kappa shape index (κ3) is 5.82. The number of thiazole rings is 1. The van der Waals surface area contributed by atoms with E-state index in [9.17, 15) is 4.79 Å². The second kappa shape index (κ2) is 10.7. The van der Waals surface area contributed by atoms with Gasteiger partial charge in [-0.1, -0.05) is 17.7 Å². The van der Waals surface area contributed by atoms with Crippen LogP contribution in [0.25, 0.3) is 22.3 Å². The van der Waals surface area contributed by atoms with Crippen LogP contribution in [0.4, 0.5) is 5.13 Å². The number of carbonyl (C=O) groups is 1. The van der Waals surface area contributed by atoms with Crippen LogP contribution in [0.15, 0.2) is 48.1 Å². The largest absolute Gasteiger partial charge is 0.492 e. The molecule has 3 aromatic heterocycles. The standard InChI is InChI=1S/C25H27ClN6O2S/c1-31-7-9-32(10-8-31)11-12-34-18-5-4-17(21(26)14-18)13-23(33)30-25-29-22(16-35-25)20-15-28-24-19(20)3-2-6-27-24/h2-6,14-16H,7-13H2,1H3,(H,27,28)(H,29,30,33). The lowest BCUT2D eigenvalue weighted by atomic mass is 10.1. The Bertz CT molecular complexity index is 1310. The Morgan fingerprint density at radius 2 is 2.11 bits per heavy atom. The van der Waals surface area contributed by atoms with E-state index in [2.05, 4.69) is 37.1 Å². The normalized spacial score (nSPS) is 14.9. The number of nitrogens with one attached hydrogen (secondary N) is 2. The molecule has 0 unspecified atom stereocenters. The Hall–Kier alpha value is -2.98. The van der Waals surface area contributed by atoms with Crippen molar-refractivity contribution in [3.8, 4) is 17.0 Å². The van der Waals surface area contributed by atoms with Crippen molar-refractivity contribution in [3.05, 3.63) is 58.7 Å². The molecule has 1 aliphatic rings. The number of amides is 1. The van der Waals surface area contributed by atoms with Gasteiger partial charge in [0, 0.05) is 66.5 Å². The number of ether oxygens (including phenoxy) is 1. The van der Waals surface area contributed by atoms with Crippen molar-refractivity contribution in [3.63, 3.8) is 0 Å².